The second kappa shape index (κ2) is 3.75. The Labute approximate surface area is 83.1 Å². The molecule has 0 aliphatic carbocycles. The van der Waals surface area contributed by atoms with Gasteiger partial charge < -0.3 is 10.5 Å². The summed E-state index contributed by atoms with van der Waals surface area (Å²) in [4.78, 5) is 15.7. The highest BCUT2D eigenvalue weighted by atomic mass is 16.5. The Balaban J connectivity index is 3.13. The minimum Gasteiger partial charge on any atom is -0.496 e. The first kappa shape index (κ1) is 10.7. The number of nitrogens with two attached hydrogens (primary N) is 1. The maximum atomic E-state index is 11.8. The number of carbonyl (C=O) groups excluding carboxylic acids is 1. The maximum absolute atomic E-state index is 11.8. The van der Waals surface area contributed by atoms with E-state index in [0.717, 1.165) is 0 Å². The van der Waals surface area contributed by atoms with Crippen molar-refractivity contribution in [3.63, 3.8) is 0 Å². The summed E-state index contributed by atoms with van der Waals surface area (Å²) in [6.07, 6.45) is 3.04. The molecule has 1 aromatic rings. The van der Waals surface area contributed by atoms with E-state index in [9.17, 15) is 4.79 Å². The largest absolute Gasteiger partial charge is 0.496 e. The van der Waals surface area contributed by atoms with Gasteiger partial charge in [-0.1, -0.05) is 0 Å². The van der Waals surface area contributed by atoms with Gasteiger partial charge in [-0.2, -0.15) is 0 Å². The molecule has 1 aromatic heterocycles. The highest BCUT2D eigenvalue weighted by Gasteiger charge is 2.26. The Kier molecular flexibility index (Phi) is 2.86. The van der Waals surface area contributed by atoms with Crippen molar-refractivity contribution in [3.05, 3.63) is 24.0 Å². The molecule has 14 heavy (non-hydrogen) atoms. The number of pyridine rings is 1. The molecule has 0 aliphatic heterocycles. The van der Waals surface area contributed by atoms with Gasteiger partial charge in [0.25, 0.3) is 0 Å². The first-order valence-electron chi connectivity index (χ1n) is 4.28. The van der Waals surface area contributed by atoms with Gasteiger partial charge in [-0.25, -0.2) is 0 Å². The van der Waals surface area contributed by atoms with E-state index in [4.69, 9.17) is 10.5 Å². The number of carbonyl (C=O) groups is 1. The Morgan fingerprint density at radius 1 is 1.57 bits per heavy atom. The summed E-state index contributed by atoms with van der Waals surface area (Å²) >= 11 is 0. The minimum absolute atomic E-state index is 0.178. The van der Waals surface area contributed by atoms with Crippen LogP contribution in [0.15, 0.2) is 18.5 Å². The number of nitrogens with zero attached hydrogens (tertiary/aromatic N) is 1. The van der Waals surface area contributed by atoms with E-state index in [-0.39, 0.29) is 5.78 Å². The number of hydrogen-bond acceptors (Lipinski definition) is 4. The molecule has 0 fully saturated rings. The molecule has 76 valence electrons. The van der Waals surface area contributed by atoms with E-state index in [2.05, 4.69) is 4.98 Å². The zero-order valence-electron chi connectivity index (χ0n) is 8.57. The molecule has 0 spiro atoms. The second-order valence-corrected chi connectivity index (χ2v) is 3.63. The highest BCUT2D eigenvalue weighted by Crippen LogP contribution is 2.20. The minimum atomic E-state index is -0.906. The molecule has 0 amide bonds. The molecular weight excluding hydrogens is 180 g/mol. The lowest BCUT2D eigenvalue weighted by Crippen LogP contribution is -2.41. The molecular formula is C10H14N2O2. The third-order valence-electron chi connectivity index (χ3n) is 1.83. The standard InChI is InChI=1S/C10H14N2O2/c1-10(2,11)9(13)7-6-12-5-4-8(7)14-3/h4-6H,11H2,1-3H3. The van der Waals surface area contributed by atoms with Crippen LogP contribution in [0.1, 0.15) is 24.2 Å². The Hall–Kier alpha value is -1.42. The molecule has 0 saturated heterocycles. The summed E-state index contributed by atoms with van der Waals surface area (Å²) in [6, 6.07) is 1.64. The average Bonchev–Trinajstić information content (AvgIpc) is 2.15. The predicted molar refractivity (Wildman–Crippen MR) is 53.4 cm³/mol. The van der Waals surface area contributed by atoms with Gasteiger partial charge in [0.1, 0.15) is 5.75 Å². The summed E-state index contributed by atoms with van der Waals surface area (Å²) in [5, 5.41) is 0. The van der Waals surface area contributed by atoms with Crippen LogP contribution in [-0.2, 0) is 0 Å². The third kappa shape index (κ3) is 2.09. The van der Waals surface area contributed by atoms with E-state index < -0.39 is 5.54 Å². The van der Waals surface area contributed by atoms with Gasteiger partial charge in [-0.05, 0) is 19.9 Å². The van der Waals surface area contributed by atoms with E-state index in [1.807, 2.05) is 0 Å². The normalized spacial score (nSPS) is 11.1. The summed E-state index contributed by atoms with van der Waals surface area (Å²) in [5.41, 5.74) is 5.21. The number of methoxy groups -OCH3 is 1. The van der Waals surface area contributed by atoms with Gasteiger partial charge in [-0.3, -0.25) is 9.78 Å². The van der Waals surface area contributed by atoms with Gasteiger partial charge in [0.15, 0.2) is 5.78 Å². The number of Topliss-reactive ketones (excluding diaryl/α,β-unsaturated/α-hetero) is 1. The Morgan fingerprint density at radius 3 is 2.71 bits per heavy atom. The van der Waals surface area contributed by atoms with Gasteiger partial charge in [-0.15, -0.1) is 0 Å². The fourth-order valence-corrected chi connectivity index (χ4v) is 1.08. The summed E-state index contributed by atoms with van der Waals surface area (Å²) < 4.78 is 5.05. The van der Waals surface area contributed by atoms with Crippen molar-refractivity contribution in [2.24, 2.45) is 5.73 Å². The lowest BCUT2D eigenvalue weighted by atomic mass is 9.95. The zero-order valence-corrected chi connectivity index (χ0v) is 8.57. The van der Waals surface area contributed by atoms with Gasteiger partial charge in [0.2, 0.25) is 0 Å². The molecule has 0 atom stereocenters. The molecule has 0 bridgehead atoms. The molecule has 0 saturated carbocycles. The molecule has 4 nitrogen and oxygen atoms in total. The third-order valence-corrected chi connectivity index (χ3v) is 1.83. The van der Waals surface area contributed by atoms with Crippen LogP contribution < -0.4 is 10.5 Å². The van der Waals surface area contributed by atoms with Crippen LogP contribution in [0.3, 0.4) is 0 Å². The quantitative estimate of drug-likeness (QED) is 0.729. The Bertz CT molecular complexity index is 342. The molecule has 1 rings (SSSR count). The number of hydrogen-bond donors (Lipinski definition) is 1. The first-order chi connectivity index (χ1) is 6.46. The van der Waals surface area contributed by atoms with Crippen molar-refractivity contribution in [2.45, 2.75) is 19.4 Å². The van der Waals surface area contributed by atoms with Crippen LogP contribution in [0.4, 0.5) is 0 Å². The molecule has 0 unspecified atom stereocenters. The SMILES string of the molecule is COc1ccncc1C(=O)C(C)(C)N. The van der Waals surface area contributed by atoms with Crippen molar-refractivity contribution >= 4 is 5.78 Å². The fraction of sp³-hybridized carbons (Fsp3) is 0.400. The van der Waals surface area contributed by atoms with Crippen molar-refractivity contribution in [3.8, 4) is 5.75 Å². The van der Waals surface area contributed by atoms with Crippen molar-refractivity contribution < 1.29 is 9.53 Å². The van der Waals surface area contributed by atoms with Crippen LogP contribution >= 0.6 is 0 Å². The van der Waals surface area contributed by atoms with Crippen LogP contribution in [0.2, 0.25) is 0 Å². The number of rotatable bonds is 3. The van der Waals surface area contributed by atoms with Crippen LogP contribution in [-0.4, -0.2) is 23.4 Å². The number of ether oxygens (including phenoxy) is 1. The lowest BCUT2D eigenvalue weighted by molar-refractivity contribution is 0.0910. The second-order valence-electron chi connectivity index (χ2n) is 3.63. The molecule has 2 N–H and O–H groups in total. The molecule has 0 aliphatic rings. The summed E-state index contributed by atoms with van der Waals surface area (Å²) in [7, 11) is 1.51. The van der Waals surface area contributed by atoms with Crippen LogP contribution in [0.5, 0.6) is 5.75 Å². The maximum Gasteiger partial charge on any atom is 0.187 e. The molecule has 1 heterocycles. The van der Waals surface area contributed by atoms with E-state index in [1.54, 1.807) is 26.1 Å². The van der Waals surface area contributed by atoms with Crippen LogP contribution in [0, 0.1) is 0 Å². The first-order valence-corrected chi connectivity index (χ1v) is 4.28. The van der Waals surface area contributed by atoms with Crippen molar-refractivity contribution in [1.82, 2.24) is 4.98 Å². The molecule has 0 aromatic carbocycles. The topological polar surface area (TPSA) is 65.2 Å². The Morgan fingerprint density at radius 2 is 2.21 bits per heavy atom. The fourth-order valence-electron chi connectivity index (χ4n) is 1.08. The smallest absolute Gasteiger partial charge is 0.187 e. The zero-order chi connectivity index (χ0) is 10.8. The van der Waals surface area contributed by atoms with E-state index in [1.165, 1.54) is 13.3 Å². The van der Waals surface area contributed by atoms with Crippen molar-refractivity contribution in [2.75, 3.05) is 7.11 Å². The molecule has 4 heteroatoms. The van der Waals surface area contributed by atoms with Gasteiger partial charge in [0, 0.05) is 12.4 Å². The van der Waals surface area contributed by atoms with Gasteiger partial charge >= 0.3 is 0 Å². The van der Waals surface area contributed by atoms with Gasteiger partial charge in [0.05, 0.1) is 18.2 Å². The molecule has 0 radical (unpaired) electrons. The predicted octanol–water partition coefficient (Wildman–Crippen LogP) is 1.01. The number of aromatic nitrogens is 1. The van der Waals surface area contributed by atoms with E-state index in [0.29, 0.717) is 11.3 Å². The monoisotopic (exact) mass is 194 g/mol. The summed E-state index contributed by atoms with van der Waals surface area (Å²) in [6.45, 7) is 3.31. The summed E-state index contributed by atoms with van der Waals surface area (Å²) in [5.74, 6) is 0.325. The van der Waals surface area contributed by atoms with Crippen LogP contribution in [0.25, 0.3) is 0 Å². The lowest BCUT2D eigenvalue weighted by Gasteiger charge is -2.17. The average molecular weight is 194 g/mol. The van der Waals surface area contributed by atoms with Crippen molar-refractivity contribution in [1.29, 1.82) is 0 Å². The highest BCUT2D eigenvalue weighted by molar-refractivity contribution is 6.04. The van der Waals surface area contributed by atoms with E-state index >= 15 is 0 Å². The number of ketones is 1.